The Labute approximate surface area is 179 Å². The first-order valence-electron chi connectivity index (χ1n) is 9.64. The number of nitrogens with two attached hydrogens (primary N) is 1. The highest BCUT2D eigenvalue weighted by Gasteiger charge is 2.19. The predicted octanol–water partition coefficient (Wildman–Crippen LogP) is 2.86. The maximum absolute atomic E-state index is 12.7. The van der Waals surface area contributed by atoms with Gasteiger partial charge >= 0.3 is 5.69 Å². The fraction of sp³-hybridized carbons (Fsp3) is 0.273. The van der Waals surface area contributed by atoms with Gasteiger partial charge in [-0.05, 0) is 29.7 Å². The molecule has 0 bridgehead atoms. The Morgan fingerprint density at radius 1 is 1.07 bits per heavy atom. The SMILES string of the molecule is COCCCN(Cc1ccc(Cl)cc1)c1c(N)n(Cc2ccccc2)c(=O)[nH]c1=O. The van der Waals surface area contributed by atoms with Gasteiger partial charge in [-0.3, -0.25) is 14.3 Å². The van der Waals surface area contributed by atoms with Crippen LogP contribution in [-0.2, 0) is 17.8 Å². The van der Waals surface area contributed by atoms with Crippen molar-refractivity contribution in [1.29, 1.82) is 0 Å². The lowest BCUT2D eigenvalue weighted by atomic mass is 10.2. The molecule has 3 aromatic rings. The minimum absolute atomic E-state index is 0.138. The van der Waals surface area contributed by atoms with Crippen molar-refractivity contribution in [1.82, 2.24) is 9.55 Å². The van der Waals surface area contributed by atoms with Crippen molar-refractivity contribution in [2.75, 3.05) is 30.9 Å². The summed E-state index contributed by atoms with van der Waals surface area (Å²) in [6.07, 6.45) is 0.695. The summed E-state index contributed by atoms with van der Waals surface area (Å²) in [5.74, 6) is 0.138. The molecule has 30 heavy (non-hydrogen) atoms. The van der Waals surface area contributed by atoms with Crippen LogP contribution in [0.5, 0.6) is 0 Å². The molecule has 0 saturated carbocycles. The van der Waals surface area contributed by atoms with Crippen LogP contribution in [0.2, 0.25) is 5.02 Å². The van der Waals surface area contributed by atoms with Crippen molar-refractivity contribution in [3.05, 3.63) is 91.6 Å². The molecule has 0 aliphatic rings. The third-order valence-corrected chi connectivity index (χ3v) is 5.03. The minimum atomic E-state index is -0.534. The summed E-state index contributed by atoms with van der Waals surface area (Å²) in [6.45, 7) is 1.78. The molecule has 0 atom stereocenters. The average molecular weight is 429 g/mol. The van der Waals surface area contributed by atoms with E-state index < -0.39 is 11.2 Å². The zero-order valence-electron chi connectivity index (χ0n) is 16.8. The fourth-order valence-electron chi connectivity index (χ4n) is 3.29. The molecule has 8 heteroatoms. The highest BCUT2D eigenvalue weighted by molar-refractivity contribution is 6.30. The van der Waals surface area contributed by atoms with Gasteiger partial charge in [0.15, 0.2) is 0 Å². The first kappa shape index (κ1) is 21.7. The molecular weight excluding hydrogens is 404 g/mol. The molecule has 3 rings (SSSR count). The second-order valence-corrected chi connectivity index (χ2v) is 7.40. The molecule has 0 unspecified atom stereocenters. The summed E-state index contributed by atoms with van der Waals surface area (Å²) >= 11 is 5.99. The molecule has 0 aliphatic heterocycles. The fourth-order valence-corrected chi connectivity index (χ4v) is 3.41. The van der Waals surface area contributed by atoms with Gasteiger partial charge in [-0.1, -0.05) is 54.1 Å². The largest absolute Gasteiger partial charge is 0.385 e. The summed E-state index contributed by atoms with van der Waals surface area (Å²) < 4.78 is 6.55. The molecular formula is C22H25ClN4O3. The molecule has 0 saturated heterocycles. The van der Waals surface area contributed by atoms with Gasteiger partial charge in [-0.25, -0.2) is 4.79 Å². The van der Waals surface area contributed by atoms with Crippen molar-refractivity contribution in [2.45, 2.75) is 19.5 Å². The monoisotopic (exact) mass is 428 g/mol. The van der Waals surface area contributed by atoms with E-state index in [0.29, 0.717) is 31.1 Å². The number of aromatic amines is 1. The maximum atomic E-state index is 12.7. The van der Waals surface area contributed by atoms with E-state index in [2.05, 4.69) is 4.98 Å². The quantitative estimate of drug-likeness (QED) is 0.511. The number of nitrogen functional groups attached to an aromatic ring is 1. The molecule has 0 aliphatic carbocycles. The third-order valence-electron chi connectivity index (χ3n) is 4.78. The third kappa shape index (κ3) is 5.31. The topological polar surface area (TPSA) is 93.3 Å². The van der Waals surface area contributed by atoms with Crippen LogP contribution in [0.15, 0.2) is 64.2 Å². The van der Waals surface area contributed by atoms with Gasteiger partial charge in [-0.15, -0.1) is 0 Å². The van der Waals surface area contributed by atoms with Crippen LogP contribution in [0, 0.1) is 0 Å². The normalized spacial score (nSPS) is 10.9. The Balaban J connectivity index is 2.00. The van der Waals surface area contributed by atoms with Crippen LogP contribution in [0.25, 0.3) is 0 Å². The van der Waals surface area contributed by atoms with Gasteiger partial charge in [0.2, 0.25) is 0 Å². The van der Waals surface area contributed by atoms with E-state index in [1.165, 1.54) is 4.57 Å². The number of benzene rings is 2. The van der Waals surface area contributed by atoms with Crippen molar-refractivity contribution >= 4 is 23.1 Å². The van der Waals surface area contributed by atoms with Crippen LogP contribution in [-0.4, -0.2) is 29.8 Å². The molecule has 0 fully saturated rings. The number of nitrogens with one attached hydrogen (secondary N) is 1. The summed E-state index contributed by atoms with van der Waals surface area (Å²) in [7, 11) is 1.63. The van der Waals surface area contributed by atoms with Crippen LogP contribution in [0.3, 0.4) is 0 Å². The van der Waals surface area contributed by atoms with Crippen molar-refractivity contribution < 1.29 is 4.74 Å². The summed E-state index contributed by atoms with van der Waals surface area (Å²) in [6, 6.07) is 16.9. The summed E-state index contributed by atoms with van der Waals surface area (Å²) in [5, 5.41) is 0.637. The molecule has 1 aromatic heterocycles. The van der Waals surface area contributed by atoms with Crippen LogP contribution in [0.4, 0.5) is 11.5 Å². The van der Waals surface area contributed by atoms with E-state index in [4.69, 9.17) is 22.1 Å². The van der Waals surface area contributed by atoms with Gasteiger partial charge < -0.3 is 15.4 Å². The van der Waals surface area contributed by atoms with Crippen LogP contribution < -0.4 is 21.9 Å². The Bertz CT molecular complexity index is 1080. The second kappa shape index (κ2) is 10.1. The van der Waals surface area contributed by atoms with Crippen molar-refractivity contribution in [3.63, 3.8) is 0 Å². The number of anilines is 2. The Morgan fingerprint density at radius 3 is 2.43 bits per heavy atom. The zero-order chi connectivity index (χ0) is 21.5. The number of methoxy groups -OCH3 is 1. The number of rotatable bonds is 9. The smallest absolute Gasteiger partial charge is 0.330 e. The number of aromatic nitrogens is 2. The maximum Gasteiger partial charge on any atom is 0.330 e. The van der Waals surface area contributed by atoms with E-state index in [-0.39, 0.29) is 18.1 Å². The number of hydrogen-bond acceptors (Lipinski definition) is 5. The molecule has 0 amide bonds. The standard InChI is InChI=1S/C22H25ClN4O3/c1-30-13-5-12-26(14-17-8-10-18(23)11-9-17)19-20(24)27(22(29)25-21(19)28)15-16-6-3-2-4-7-16/h2-4,6-11H,5,12-15,24H2,1H3,(H,25,28,29). The van der Waals surface area contributed by atoms with Gasteiger partial charge in [0.25, 0.3) is 5.56 Å². The highest BCUT2D eigenvalue weighted by atomic mass is 35.5. The Kier molecular flexibility index (Phi) is 7.32. The van der Waals surface area contributed by atoms with Gasteiger partial charge in [0, 0.05) is 31.8 Å². The van der Waals surface area contributed by atoms with E-state index in [1.54, 1.807) is 19.2 Å². The highest BCUT2D eigenvalue weighted by Crippen LogP contribution is 2.21. The molecule has 7 nitrogen and oxygen atoms in total. The molecule has 0 radical (unpaired) electrons. The number of hydrogen-bond donors (Lipinski definition) is 2. The lowest BCUT2D eigenvalue weighted by molar-refractivity contribution is 0.196. The minimum Gasteiger partial charge on any atom is -0.385 e. The summed E-state index contributed by atoms with van der Waals surface area (Å²) in [5.41, 5.74) is 7.48. The van der Waals surface area contributed by atoms with E-state index >= 15 is 0 Å². The number of halogens is 1. The van der Waals surface area contributed by atoms with Gasteiger partial charge in [0.05, 0.1) is 6.54 Å². The van der Waals surface area contributed by atoms with Crippen LogP contribution in [0.1, 0.15) is 17.5 Å². The van der Waals surface area contributed by atoms with E-state index in [9.17, 15) is 9.59 Å². The predicted molar refractivity (Wildman–Crippen MR) is 120 cm³/mol. The summed E-state index contributed by atoms with van der Waals surface area (Å²) in [4.78, 5) is 29.5. The first-order chi connectivity index (χ1) is 14.5. The van der Waals surface area contributed by atoms with Crippen molar-refractivity contribution in [2.24, 2.45) is 0 Å². The lowest BCUT2D eigenvalue weighted by Gasteiger charge is -2.26. The first-order valence-corrected chi connectivity index (χ1v) is 10.0. The Morgan fingerprint density at radius 2 is 1.77 bits per heavy atom. The van der Waals surface area contributed by atoms with Gasteiger partial charge in [0.1, 0.15) is 11.5 Å². The molecule has 158 valence electrons. The molecule has 0 spiro atoms. The van der Waals surface area contributed by atoms with Crippen LogP contribution >= 0.6 is 11.6 Å². The second-order valence-electron chi connectivity index (χ2n) is 6.96. The van der Waals surface area contributed by atoms with Crippen molar-refractivity contribution in [3.8, 4) is 0 Å². The Hall–Kier alpha value is -3.03. The average Bonchev–Trinajstić information content (AvgIpc) is 2.73. The van der Waals surface area contributed by atoms with E-state index in [0.717, 1.165) is 11.1 Å². The number of nitrogens with zero attached hydrogens (tertiary/aromatic N) is 2. The lowest BCUT2D eigenvalue weighted by Crippen LogP contribution is -2.39. The number of ether oxygens (including phenoxy) is 1. The molecule has 3 N–H and O–H groups in total. The van der Waals surface area contributed by atoms with E-state index in [1.807, 2.05) is 47.4 Å². The molecule has 2 aromatic carbocycles. The zero-order valence-corrected chi connectivity index (χ0v) is 17.6. The number of H-pyrrole nitrogens is 1. The van der Waals surface area contributed by atoms with Gasteiger partial charge in [-0.2, -0.15) is 0 Å². The molecule has 1 heterocycles.